The van der Waals surface area contributed by atoms with E-state index in [2.05, 4.69) is 6.07 Å². The summed E-state index contributed by atoms with van der Waals surface area (Å²) in [5, 5.41) is 5.71. The predicted octanol–water partition coefficient (Wildman–Crippen LogP) is 4.29. The summed E-state index contributed by atoms with van der Waals surface area (Å²) in [7, 11) is 3.38. The van der Waals surface area contributed by atoms with Crippen LogP contribution in [0.25, 0.3) is 10.9 Å². The van der Waals surface area contributed by atoms with Crippen molar-refractivity contribution < 1.29 is 19.0 Å². The maximum atomic E-state index is 12.7. The van der Waals surface area contributed by atoms with Crippen LogP contribution in [0.3, 0.4) is 0 Å². The van der Waals surface area contributed by atoms with Crippen LogP contribution >= 0.6 is 0 Å². The standard InChI is InChI=1S/C22H33N3O4/c1-15-20-18(25(23-15)10-7-11-27-5)12-16(13-19(20)28-6)14-24(17-8-9-17)21(26)29-22(2,3)4/h12-13,17H,7-11,14H2,1-6H3. The van der Waals surface area contributed by atoms with Gasteiger partial charge in [-0.05, 0) is 64.7 Å². The number of rotatable bonds is 8. The summed E-state index contributed by atoms with van der Waals surface area (Å²) in [5.74, 6) is 0.785. The number of benzene rings is 1. The highest BCUT2D eigenvalue weighted by Crippen LogP contribution is 2.34. The highest BCUT2D eigenvalue weighted by atomic mass is 16.6. The third kappa shape index (κ3) is 5.21. The van der Waals surface area contributed by atoms with Gasteiger partial charge in [0.2, 0.25) is 0 Å². The fraction of sp³-hybridized carbons (Fsp3) is 0.636. The molecule has 29 heavy (non-hydrogen) atoms. The lowest BCUT2D eigenvalue weighted by Gasteiger charge is -2.27. The summed E-state index contributed by atoms with van der Waals surface area (Å²) < 4.78 is 18.5. The first-order valence-electron chi connectivity index (χ1n) is 10.3. The van der Waals surface area contributed by atoms with Crippen molar-refractivity contribution in [2.24, 2.45) is 0 Å². The lowest BCUT2D eigenvalue weighted by molar-refractivity contribution is 0.0216. The van der Waals surface area contributed by atoms with E-state index in [9.17, 15) is 4.79 Å². The topological polar surface area (TPSA) is 65.8 Å². The van der Waals surface area contributed by atoms with Gasteiger partial charge in [-0.3, -0.25) is 4.68 Å². The number of amides is 1. The Hall–Kier alpha value is -2.28. The number of carbonyl (C=O) groups is 1. The van der Waals surface area contributed by atoms with Crippen LogP contribution in [0.2, 0.25) is 0 Å². The molecule has 1 aromatic carbocycles. The van der Waals surface area contributed by atoms with E-state index in [1.807, 2.05) is 43.3 Å². The molecule has 0 aliphatic heterocycles. The monoisotopic (exact) mass is 403 g/mol. The zero-order valence-electron chi connectivity index (χ0n) is 18.4. The van der Waals surface area contributed by atoms with Crippen LogP contribution in [0.1, 0.15) is 51.3 Å². The summed E-state index contributed by atoms with van der Waals surface area (Å²) in [4.78, 5) is 14.6. The van der Waals surface area contributed by atoms with Gasteiger partial charge in [0.05, 0.1) is 23.7 Å². The van der Waals surface area contributed by atoms with Crippen molar-refractivity contribution in [2.45, 2.75) is 71.7 Å². The van der Waals surface area contributed by atoms with Crippen molar-refractivity contribution >= 4 is 17.0 Å². The van der Waals surface area contributed by atoms with Gasteiger partial charge in [0.1, 0.15) is 11.4 Å². The molecule has 1 amide bonds. The fourth-order valence-electron chi connectivity index (χ4n) is 3.54. The van der Waals surface area contributed by atoms with Gasteiger partial charge in [0, 0.05) is 32.8 Å². The van der Waals surface area contributed by atoms with Gasteiger partial charge in [-0.2, -0.15) is 5.10 Å². The number of nitrogens with zero attached hydrogens (tertiary/aromatic N) is 3. The van der Waals surface area contributed by atoms with E-state index >= 15 is 0 Å². The molecule has 0 unspecified atom stereocenters. The third-order valence-electron chi connectivity index (χ3n) is 4.96. The first kappa shape index (κ1) is 21.4. The van der Waals surface area contributed by atoms with E-state index in [1.54, 1.807) is 14.2 Å². The van der Waals surface area contributed by atoms with Crippen LogP contribution in [-0.2, 0) is 22.6 Å². The lowest BCUT2D eigenvalue weighted by Crippen LogP contribution is -2.37. The van der Waals surface area contributed by atoms with Crippen molar-refractivity contribution in [1.82, 2.24) is 14.7 Å². The molecule has 0 bridgehead atoms. The average molecular weight is 404 g/mol. The Bertz CT molecular complexity index is 865. The quantitative estimate of drug-likeness (QED) is 0.615. The molecule has 1 saturated carbocycles. The molecular weight excluding hydrogens is 370 g/mol. The number of fused-ring (bicyclic) bond motifs is 1. The second-order valence-electron chi connectivity index (χ2n) is 8.69. The fourth-order valence-corrected chi connectivity index (χ4v) is 3.54. The molecule has 7 nitrogen and oxygen atoms in total. The summed E-state index contributed by atoms with van der Waals surface area (Å²) in [5.41, 5.74) is 2.46. The van der Waals surface area contributed by atoms with Crippen LogP contribution in [0.5, 0.6) is 5.75 Å². The van der Waals surface area contributed by atoms with E-state index in [1.165, 1.54) is 0 Å². The molecule has 0 saturated heterocycles. The highest BCUT2D eigenvalue weighted by Gasteiger charge is 2.35. The maximum absolute atomic E-state index is 12.7. The van der Waals surface area contributed by atoms with Gasteiger partial charge in [-0.15, -0.1) is 0 Å². The summed E-state index contributed by atoms with van der Waals surface area (Å²) in [6.45, 7) is 9.63. The zero-order valence-corrected chi connectivity index (χ0v) is 18.4. The molecule has 0 N–H and O–H groups in total. The average Bonchev–Trinajstić information content (AvgIpc) is 3.43. The number of carbonyl (C=O) groups excluding carboxylic acids is 1. The second-order valence-corrected chi connectivity index (χ2v) is 8.69. The van der Waals surface area contributed by atoms with Gasteiger partial charge >= 0.3 is 6.09 Å². The first-order valence-corrected chi connectivity index (χ1v) is 10.3. The number of aryl methyl sites for hydroxylation is 2. The number of hydrogen-bond acceptors (Lipinski definition) is 5. The molecule has 1 heterocycles. The number of hydrogen-bond donors (Lipinski definition) is 0. The van der Waals surface area contributed by atoms with E-state index in [0.717, 1.165) is 53.7 Å². The lowest BCUT2D eigenvalue weighted by atomic mass is 10.1. The second kappa shape index (κ2) is 8.61. The molecule has 2 aromatic rings. The smallest absolute Gasteiger partial charge is 0.410 e. The Balaban J connectivity index is 1.91. The normalized spacial score (nSPS) is 14.3. The largest absolute Gasteiger partial charge is 0.496 e. The maximum Gasteiger partial charge on any atom is 0.410 e. The molecule has 7 heteroatoms. The molecule has 1 aliphatic carbocycles. The molecule has 0 atom stereocenters. The van der Waals surface area contributed by atoms with Crippen molar-refractivity contribution in [3.05, 3.63) is 23.4 Å². The molecule has 1 aromatic heterocycles. The van der Waals surface area contributed by atoms with E-state index in [4.69, 9.17) is 19.3 Å². The van der Waals surface area contributed by atoms with Crippen LogP contribution in [0.15, 0.2) is 12.1 Å². The van der Waals surface area contributed by atoms with E-state index in [-0.39, 0.29) is 12.1 Å². The molecule has 0 spiro atoms. The number of methoxy groups -OCH3 is 2. The van der Waals surface area contributed by atoms with Crippen LogP contribution in [0.4, 0.5) is 4.79 Å². The van der Waals surface area contributed by atoms with Gasteiger partial charge in [-0.25, -0.2) is 4.79 Å². The molecule has 1 fully saturated rings. The van der Waals surface area contributed by atoms with Crippen molar-refractivity contribution in [1.29, 1.82) is 0 Å². The Morgan fingerprint density at radius 3 is 2.59 bits per heavy atom. The minimum absolute atomic E-state index is 0.250. The summed E-state index contributed by atoms with van der Waals surface area (Å²) in [6, 6.07) is 4.38. The van der Waals surface area contributed by atoms with Gasteiger partial charge < -0.3 is 19.1 Å². The molecule has 3 rings (SSSR count). The predicted molar refractivity (Wildman–Crippen MR) is 112 cm³/mol. The van der Waals surface area contributed by atoms with Gasteiger partial charge in [0.15, 0.2) is 0 Å². The Labute approximate surface area is 172 Å². The minimum Gasteiger partial charge on any atom is -0.496 e. The third-order valence-corrected chi connectivity index (χ3v) is 4.96. The summed E-state index contributed by atoms with van der Waals surface area (Å²) in [6.07, 6.45) is 2.66. The SMILES string of the molecule is COCCCn1nc(C)c2c(OC)cc(CN(C(=O)OC(C)(C)C)C3CC3)cc21. The Morgan fingerprint density at radius 1 is 1.28 bits per heavy atom. The highest BCUT2D eigenvalue weighted by molar-refractivity contribution is 5.89. The van der Waals surface area contributed by atoms with Crippen LogP contribution in [0, 0.1) is 6.92 Å². The van der Waals surface area contributed by atoms with Gasteiger partial charge in [0.25, 0.3) is 0 Å². The minimum atomic E-state index is -0.511. The molecular formula is C22H33N3O4. The van der Waals surface area contributed by atoms with Crippen LogP contribution < -0.4 is 4.74 Å². The first-order chi connectivity index (χ1) is 13.7. The number of aromatic nitrogens is 2. The molecule has 1 aliphatic rings. The number of ether oxygens (including phenoxy) is 3. The van der Waals surface area contributed by atoms with Gasteiger partial charge in [-0.1, -0.05) is 0 Å². The van der Waals surface area contributed by atoms with Crippen molar-refractivity contribution in [2.75, 3.05) is 20.8 Å². The molecule has 160 valence electrons. The summed E-state index contributed by atoms with van der Waals surface area (Å²) >= 11 is 0. The van der Waals surface area contributed by atoms with Crippen molar-refractivity contribution in [3.8, 4) is 5.75 Å². The Morgan fingerprint density at radius 2 is 2.00 bits per heavy atom. The van der Waals surface area contributed by atoms with E-state index < -0.39 is 5.60 Å². The van der Waals surface area contributed by atoms with Crippen LogP contribution in [-0.4, -0.2) is 53.2 Å². The van der Waals surface area contributed by atoms with E-state index in [0.29, 0.717) is 13.2 Å². The zero-order chi connectivity index (χ0) is 21.2. The molecule has 0 radical (unpaired) electrons. The van der Waals surface area contributed by atoms with Crippen molar-refractivity contribution in [3.63, 3.8) is 0 Å². The Kier molecular flexibility index (Phi) is 6.36.